The van der Waals surface area contributed by atoms with Crippen LogP contribution in [0.5, 0.6) is 0 Å². The van der Waals surface area contributed by atoms with Gasteiger partial charge in [0.15, 0.2) is 0 Å². The number of aromatic nitrogens is 2. The maximum absolute atomic E-state index is 6.14. The van der Waals surface area contributed by atoms with E-state index in [-0.39, 0.29) is 0 Å². The van der Waals surface area contributed by atoms with Crippen LogP contribution in [0.1, 0.15) is 45.3 Å². The number of likely N-dealkylation sites (tertiary alicyclic amines) is 1. The molecule has 5 nitrogen and oxygen atoms in total. The molecular weight excluding hydrogens is 238 g/mol. The fourth-order valence-electron chi connectivity index (χ4n) is 2.71. The average molecular weight is 265 g/mol. The van der Waals surface area contributed by atoms with E-state index in [9.17, 15) is 0 Å². The van der Waals surface area contributed by atoms with Crippen LogP contribution >= 0.6 is 0 Å². The zero-order valence-corrected chi connectivity index (χ0v) is 12.6. The van der Waals surface area contributed by atoms with Gasteiger partial charge in [-0.05, 0) is 53.6 Å². The minimum atomic E-state index is 0.317. The van der Waals surface area contributed by atoms with E-state index in [0.717, 1.165) is 23.7 Å². The Kier molecular flexibility index (Phi) is 4.34. The summed E-state index contributed by atoms with van der Waals surface area (Å²) in [7, 11) is 0. The number of nitrogens with zero attached hydrogens (tertiary/aromatic N) is 3. The van der Waals surface area contributed by atoms with Gasteiger partial charge in [-0.25, -0.2) is 4.68 Å². The lowest BCUT2D eigenvalue weighted by Gasteiger charge is -2.23. The van der Waals surface area contributed by atoms with Crippen molar-refractivity contribution in [1.82, 2.24) is 14.7 Å². The van der Waals surface area contributed by atoms with Gasteiger partial charge in [0.05, 0.1) is 11.4 Å². The third-order valence-electron chi connectivity index (χ3n) is 3.73. The molecular formula is C14H27N5. The van der Waals surface area contributed by atoms with Gasteiger partial charge in [0.2, 0.25) is 0 Å². The molecule has 19 heavy (non-hydrogen) atoms. The summed E-state index contributed by atoms with van der Waals surface area (Å²) in [5.41, 5.74) is 7.82. The molecule has 2 heterocycles. The molecule has 5 heteroatoms. The second-order valence-electron chi connectivity index (χ2n) is 5.94. The Morgan fingerprint density at radius 1 is 1.26 bits per heavy atom. The maximum Gasteiger partial charge on any atom is 0.148 e. The molecule has 3 N–H and O–H groups in total. The fraction of sp³-hybridized carbons (Fsp3) is 0.786. The van der Waals surface area contributed by atoms with Gasteiger partial charge in [0.25, 0.3) is 0 Å². The summed E-state index contributed by atoms with van der Waals surface area (Å²) >= 11 is 0. The van der Waals surface area contributed by atoms with E-state index in [1.807, 2.05) is 11.6 Å². The molecule has 108 valence electrons. The van der Waals surface area contributed by atoms with Gasteiger partial charge in [0, 0.05) is 18.6 Å². The van der Waals surface area contributed by atoms with E-state index >= 15 is 0 Å². The quantitative estimate of drug-likeness (QED) is 0.857. The molecule has 0 aliphatic carbocycles. The van der Waals surface area contributed by atoms with Gasteiger partial charge in [-0.2, -0.15) is 5.10 Å². The second-order valence-corrected chi connectivity index (χ2v) is 5.94. The summed E-state index contributed by atoms with van der Waals surface area (Å²) in [5.74, 6) is 0.971. The van der Waals surface area contributed by atoms with Gasteiger partial charge >= 0.3 is 0 Å². The number of hydrogen-bond donors (Lipinski definition) is 2. The number of aryl methyl sites for hydroxylation is 1. The Morgan fingerprint density at radius 3 is 2.47 bits per heavy atom. The third kappa shape index (κ3) is 3.21. The Bertz CT molecular complexity index is 418. The van der Waals surface area contributed by atoms with E-state index in [1.54, 1.807) is 0 Å². The van der Waals surface area contributed by atoms with E-state index in [2.05, 4.69) is 36.1 Å². The summed E-state index contributed by atoms with van der Waals surface area (Å²) in [4.78, 5) is 2.51. The van der Waals surface area contributed by atoms with Crippen LogP contribution in [0.4, 0.5) is 11.5 Å². The van der Waals surface area contributed by atoms with Crippen molar-refractivity contribution in [2.24, 2.45) is 0 Å². The normalized spacial score (nSPS) is 18.2. The van der Waals surface area contributed by atoms with E-state index < -0.39 is 0 Å². The van der Waals surface area contributed by atoms with Gasteiger partial charge in [-0.3, -0.25) is 0 Å². The first-order valence-electron chi connectivity index (χ1n) is 7.32. The zero-order chi connectivity index (χ0) is 14.0. The Labute approximate surface area is 116 Å². The molecule has 0 aromatic carbocycles. The van der Waals surface area contributed by atoms with Crippen LogP contribution in [0.3, 0.4) is 0 Å². The fourth-order valence-corrected chi connectivity index (χ4v) is 2.71. The number of hydrogen-bond acceptors (Lipinski definition) is 4. The van der Waals surface area contributed by atoms with E-state index in [1.165, 1.54) is 25.9 Å². The van der Waals surface area contributed by atoms with E-state index in [4.69, 9.17) is 5.73 Å². The summed E-state index contributed by atoms with van der Waals surface area (Å²) in [6, 6.07) is 0.700. The van der Waals surface area contributed by atoms with Crippen molar-refractivity contribution in [3.8, 4) is 0 Å². The highest BCUT2D eigenvalue weighted by Crippen LogP contribution is 2.26. The predicted octanol–water partition coefficient (Wildman–Crippen LogP) is 2.25. The van der Waals surface area contributed by atoms with E-state index in [0.29, 0.717) is 12.1 Å². The minimum absolute atomic E-state index is 0.317. The molecule has 2 rings (SSSR count). The first kappa shape index (κ1) is 14.2. The van der Waals surface area contributed by atoms with Crippen LogP contribution in [-0.4, -0.2) is 40.4 Å². The van der Waals surface area contributed by atoms with Crippen LogP contribution < -0.4 is 11.1 Å². The highest BCUT2D eigenvalue weighted by molar-refractivity contribution is 5.65. The maximum atomic E-state index is 6.14. The highest BCUT2D eigenvalue weighted by atomic mass is 15.4. The molecule has 1 fully saturated rings. The number of rotatable bonds is 5. The summed E-state index contributed by atoms with van der Waals surface area (Å²) in [6.45, 7) is 12.0. The Morgan fingerprint density at radius 2 is 1.89 bits per heavy atom. The first-order chi connectivity index (χ1) is 8.99. The monoisotopic (exact) mass is 265 g/mol. The highest BCUT2D eigenvalue weighted by Gasteiger charge is 2.19. The number of nitrogen functional groups attached to an aromatic ring is 1. The average Bonchev–Trinajstić information content (AvgIpc) is 2.92. The lowest BCUT2D eigenvalue weighted by molar-refractivity contribution is 0.327. The molecule has 0 amide bonds. The van der Waals surface area contributed by atoms with Crippen LogP contribution in [0, 0.1) is 6.92 Å². The Hall–Kier alpha value is -1.23. The molecule has 1 atom stereocenters. The molecule has 1 aromatic rings. The standard InChI is InChI=1S/C14H27N5/c1-10(2)19-14(13(15)12(4)17-19)16-11(3)9-18-7-5-6-8-18/h10-11,16H,5-9,15H2,1-4H3. The van der Waals surface area contributed by atoms with Gasteiger partial charge in [-0.1, -0.05) is 0 Å². The minimum Gasteiger partial charge on any atom is -0.394 e. The van der Waals surface area contributed by atoms with Crippen molar-refractivity contribution in [1.29, 1.82) is 0 Å². The number of nitrogens with one attached hydrogen (secondary N) is 1. The molecule has 0 spiro atoms. The van der Waals surface area contributed by atoms with Gasteiger partial charge in [0.1, 0.15) is 5.82 Å². The lowest BCUT2D eigenvalue weighted by Crippen LogP contribution is -2.33. The molecule has 1 aromatic heterocycles. The van der Waals surface area contributed by atoms with Crippen molar-refractivity contribution in [3.63, 3.8) is 0 Å². The SMILES string of the molecule is Cc1nn(C(C)C)c(NC(C)CN2CCCC2)c1N. The van der Waals surface area contributed by atoms with Crippen molar-refractivity contribution >= 4 is 11.5 Å². The van der Waals surface area contributed by atoms with Gasteiger partial charge in [-0.15, -0.1) is 0 Å². The van der Waals surface area contributed by atoms with Crippen molar-refractivity contribution in [3.05, 3.63) is 5.69 Å². The van der Waals surface area contributed by atoms with Crippen LogP contribution in [0.25, 0.3) is 0 Å². The molecule has 0 radical (unpaired) electrons. The first-order valence-corrected chi connectivity index (χ1v) is 7.32. The van der Waals surface area contributed by atoms with Crippen LogP contribution in [-0.2, 0) is 0 Å². The van der Waals surface area contributed by atoms with Crippen molar-refractivity contribution < 1.29 is 0 Å². The topological polar surface area (TPSA) is 59.1 Å². The second kappa shape index (κ2) is 5.82. The molecule has 1 aliphatic heterocycles. The summed E-state index contributed by atoms with van der Waals surface area (Å²) in [6.07, 6.45) is 2.66. The van der Waals surface area contributed by atoms with Crippen molar-refractivity contribution in [2.45, 2.75) is 52.6 Å². The molecule has 0 saturated carbocycles. The smallest absolute Gasteiger partial charge is 0.148 e. The molecule has 1 unspecified atom stereocenters. The molecule has 1 saturated heterocycles. The molecule has 1 aliphatic rings. The third-order valence-corrected chi connectivity index (χ3v) is 3.73. The largest absolute Gasteiger partial charge is 0.394 e. The van der Waals surface area contributed by atoms with Crippen molar-refractivity contribution in [2.75, 3.05) is 30.7 Å². The summed E-state index contributed by atoms with van der Waals surface area (Å²) < 4.78 is 1.99. The van der Waals surface area contributed by atoms with Crippen LogP contribution in [0.15, 0.2) is 0 Å². The zero-order valence-electron chi connectivity index (χ0n) is 12.6. The molecule has 0 bridgehead atoms. The summed E-state index contributed by atoms with van der Waals surface area (Å²) in [5, 5.41) is 8.05. The Balaban J connectivity index is 2.04. The lowest BCUT2D eigenvalue weighted by atomic mass is 10.3. The predicted molar refractivity (Wildman–Crippen MR) is 80.5 cm³/mol. The number of nitrogens with two attached hydrogens (primary N) is 1. The van der Waals surface area contributed by atoms with Crippen LogP contribution in [0.2, 0.25) is 0 Å². The van der Waals surface area contributed by atoms with Gasteiger partial charge < -0.3 is 16.0 Å². The number of anilines is 2.